The molecule has 1 heterocycles. The largest absolute Gasteiger partial charge is 0.374 e. The number of rotatable bonds is 5. The van der Waals surface area contributed by atoms with E-state index in [2.05, 4.69) is 19.2 Å². The van der Waals surface area contributed by atoms with Gasteiger partial charge in [-0.25, -0.2) is 0 Å². The Labute approximate surface area is 86.2 Å². The molecule has 0 saturated carbocycles. The molecule has 82 valence electrons. The van der Waals surface area contributed by atoms with Crippen molar-refractivity contribution in [2.45, 2.75) is 33.1 Å². The molecule has 1 rings (SSSR count). The minimum absolute atomic E-state index is 0.140. The average molecular weight is 199 g/mol. The predicted molar refractivity (Wildman–Crippen MR) is 56.3 cm³/mol. The highest BCUT2D eigenvalue weighted by molar-refractivity contribution is 5.85. The first-order valence-corrected chi connectivity index (χ1v) is 5.51. The summed E-state index contributed by atoms with van der Waals surface area (Å²) in [5.41, 5.74) is -0.140. The summed E-state index contributed by atoms with van der Waals surface area (Å²) in [4.78, 5) is 11.8. The molecule has 0 radical (unpaired) electrons. The first-order valence-electron chi connectivity index (χ1n) is 5.51. The molecule has 0 aliphatic carbocycles. The molecule has 0 atom stereocenters. The molecule has 14 heavy (non-hydrogen) atoms. The fourth-order valence-corrected chi connectivity index (χ4v) is 1.74. The van der Waals surface area contributed by atoms with Gasteiger partial charge in [0, 0.05) is 12.0 Å². The van der Waals surface area contributed by atoms with Crippen molar-refractivity contribution in [3.63, 3.8) is 0 Å². The molecule has 0 aromatic carbocycles. The Morgan fingerprint density at radius 2 is 2.07 bits per heavy atom. The molecular weight excluding hydrogens is 178 g/mol. The molecule has 0 aromatic heterocycles. The summed E-state index contributed by atoms with van der Waals surface area (Å²) in [5, 5.41) is 3.27. The Hall–Kier alpha value is -0.410. The van der Waals surface area contributed by atoms with Gasteiger partial charge < -0.3 is 10.1 Å². The fourth-order valence-electron chi connectivity index (χ4n) is 1.74. The van der Waals surface area contributed by atoms with Crippen LogP contribution >= 0.6 is 0 Å². The summed E-state index contributed by atoms with van der Waals surface area (Å²) in [6.45, 7) is 7.01. The van der Waals surface area contributed by atoms with E-state index in [1.54, 1.807) is 0 Å². The topological polar surface area (TPSA) is 38.3 Å². The lowest BCUT2D eigenvalue weighted by molar-refractivity contribution is -0.134. The van der Waals surface area contributed by atoms with Crippen molar-refractivity contribution in [3.8, 4) is 0 Å². The van der Waals surface area contributed by atoms with Crippen LogP contribution in [0.15, 0.2) is 0 Å². The normalized spacial score (nSPS) is 20.7. The third-order valence-electron chi connectivity index (χ3n) is 2.96. The van der Waals surface area contributed by atoms with Gasteiger partial charge in [-0.05, 0) is 32.4 Å². The van der Waals surface area contributed by atoms with Crippen LogP contribution in [0.4, 0.5) is 0 Å². The average Bonchev–Trinajstić information content (AvgIpc) is 2.19. The number of Topliss-reactive ketones (excluding diaryl/α,β-unsaturated/α-hetero) is 1. The summed E-state index contributed by atoms with van der Waals surface area (Å²) >= 11 is 0. The van der Waals surface area contributed by atoms with E-state index in [1.165, 1.54) is 0 Å². The number of hydrogen-bond donors (Lipinski definition) is 1. The molecular formula is C11H21NO2. The fraction of sp³-hybridized carbons (Fsp3) is 0.909. The minimum Gasteiger partial charge on any atom is -0.374 e. The van der Waals surface area contributed by atoms with Gasteiger partial charge in [0.2, 0.25) is 0 Å². The lowest BCUT2D eigenvalue weighted by Gasteiger charge is -2.32. The van der Waals surface area contributed by atoms with Gasteiger partial charge in [-0.3, -0.25) is 4.79 Å². The molecule has 0 bridgehead atoms. The molecule has 1 aliphatic rings. The molecule has 1 saturated heterocycles. The first kappa shape index (κ1) is 11.7. The molecule has 3 heteroatoms. The molecule has 0 spiro atoms. The zero-order valence-electron chi connectivity index (χ0n) is 9.27. The van der Waals surface area contributed by atoms with E-state index < -0.39 is 0 Å². The monoisotopic (exact) mass is 199 g/mol. The van der Waals surface area contributed by atoms with Crippen molar-refractivity contribution in [1.82, 2.24) is 5.32 Å². The van der Waals surface area contributed by atoms with Crippen molar-refractivity contribution >= 4 is 5.78 Å². The highest BCUT2D eigenvalue weighted by atomic mass is 16.5. The lowest BCUT2D eigenvalue weighted by Crippen LogP contribution is -2.41. The third-order valence-corrected chi connectivity index (χ3v) is 2.96. The van der Waals surface area contributed by atoms with Crippen LogP contribution in [0, 0.1) is 5.41 Å². The third kappa shape index (κ3) is 3.07. The van der Waals surface area contributed by atoms with E-state index in [-0.39, 0.29) is 11.2 Å². The first-order chi connectivity index (χ1) is 6.69. The van der Waals surface area contributed by atoms with Gasteiger partial charge in [0.05, 0.1) is 0 Å². The van der Waals surface area contributed by atoms with Crippen molar-refractivity contribution < 1.29 is 9.53 Å². The summed E-state index contributed by atoms with van der Waals surface area (Å²) in [5.74, 6) is 0.271. The van der Waals surface area contributed by atoms with Gasteiger partial charge in [0.15, 0.2) is 5.78 Å². The van der Waals surface area contributed by atoms with Crippen LogP contribution in [0.1, 0.15) is 33.1 Å². The van der Waals surface area contributed by atoms with Crippen molar-refractivity contribution in [2.24, 2.45) is 5.41 Å². The molecule has 1 fully saturated rings. The van der Waals surface area contributed by atoms with Crippen molar-refractivity contribution in [3.05, 3.63) is 0 Å². The van der Waals surface area contributed by atoms with Crippen molar-refractivity contribution in [2.75, 3.05) is 26.3 Å². The highest BCUT2D eigenvalue weighted by Gasteiger charge is 2.33. The van der Waals surface area contributed by atoms with Gasteiger partial charge in [0.25, 0.3) is 0 Å². The number of carbonyl (C=O) groups is 1. The lowest BCUT2D eigenvalue weighted by atomic mass is 9.77. The summed E-state index contributed by atoms with van der Waals surface area (Å²) < 4.78 is 5.29. The van der Waals surface area contributed by atoms with E-state index in [0.29, 0.717) is 13.2 Å². The maximum atomic E-state index is 11.8. The van der Waals surface area contributed by atoms with E-state index in [0.717, 1.165) is 32.4 Å². The Morgan fingerprint density at radius 1 is 1.43 bits per heavy atom. The number of hydrogen-bond acceptors (Lipinski definition) is 3. The quantitative estimate of drug-likeness (QED) is 0.680. The van der Waals surface area contributed by atoms with Crippen LogP contribution in [-0.4, -0.2) is 32.1 Å². The number of carbonyl (C=O) groups excluding carboxylic acids is 1. The predicted octanol–water partition coefficient (Wildman–Crippen LogP) is 1.37. The molecule has 1 N–H and O–H groups in total. The number of ether oxygens (including phenoxy) is 1. The molecule has 0 aromatic rings. The van der Waals surface area contributed by atoms with Gasteiger partial charge in [-0.15, -0.1) is 0 Å². The zero-order chi connectivity index (χ0) is 10.4. The second kappa shape index (κ2) is 5.47. The summed E-state index contributed by atoms with van der Waals surface area (Å²) in [6, 6.07) is 0. The van der Waals surface area contributed by atoms with E-state index >= 15 is 0 Å². The van der Waals surface area contributed by atoms with Crippen LogP contribution in [-0.2, 0) is 9.53 Å². The zero-order valence-corrected chi connectivity index (χ0v) is 9.27. The second-order valence-corrected chi connectivity index (χ2v) is 4.29. The Bertz CT molecular complexity index is 186. The number of piperidine rings is 1. The van der Waals surface area contributed by atoms with Crippen LogP contribution < -0.4 is 5.32 Å². The Morgan fingerprint density at radius 3 is 2.64 bits per heavy atom. The minimum atomic E-state index is -0.140. The molecule has 1 aliphatic heterocycles. The van der Waals surface area contributed by atoms with E-state index in [9.17, 15) is 4.79 Å². The molecule has 0 amide bonds. The van der Waals surface area contributed by atoms with Crippen LogP contribution in [0.3, 0.4) is 0 Å². The smallest absolute Gasteiger partial charge is 0.164 e. The molecule has 0 unspecified atom stereocenters. The van der Waals surface area contributed by atoms with Crippen molar-refractivity contribution in [1.29, 1.82) is 0 Å². The number of ketones is 1. The van der Waals surface area contributed by atoms with Gasteiger partial charge in [-0.2, -0.15) is 0 Å². The Balaban J connectivity index is 2.33. The SMILES string of the molecule is CCCOCC(=O)C1(C)CCNCC1. The summed E-state index contributed by atoms with van der Waals surface area (Å²) in [6.07, 6.45) is 2.87. The standard InChI is InChI=1S/C11H21NO2/c1-3-8-14-9-10(13)11(2)4-6-12-7-5-11/h12H,3-9H2,1-2H3. The van der Waals surface area contributed by atoms with Crippen LogP contribution in [0.2, 0.25) is 0 Å². The van der Waals surface area contributed by atoms with E-state index in [4.69, 9.17) is 4.74 Å². The maximum Gasteiger partial charge on any atom is 0.164 e. The second-order valence-electron chi connectivity index (χ2n) is 4.29. The van der Waals surface area contributed by atoms with Crippen LogP contribution in [0.25, 0.3) is 0 Å². The maximum absolute atomic E-state index is 11.8. The number of nitrogens with one attached hydrogen (secondary N) is 1. The Kier molecular flexibility index (Phi) is 4.55. The van der Waals surface area contributed by atoms with Gasteiger partial charge in [-0.1, -0.05) is 13.8 Å². The van der Waals surface area contributed by atoms with E-state index in [1.807, 2.05) is 0 Å². The van der Waals surface area contributed by atoms with Gasteiger partial charge >= 0.3 is 0 Å². The highest BCUT2D eigenvalue weighted by Crippen LogP contribution is 2.28. The van der Waals surface area contributed by atoms with Crippen LogP contribution in [0.5, 0.6) is 0 Å². The van der Waals surface area contributed by atoms with Gasteiger partial charge in [0.1, 0.15) is 6.61 Å². The molecule has 3 nitrogen and oxygen atoms in total. The summed E-state index contributed by atoms with van der Waals surface area (Å²) in [7, 11) is 0.